The van der Waals surface area contributed by atoms with Crippen LogP contribution in [0, 0.1) is 13.8 Å². The number of carbonyl (C=O) groups is 2. The summed E-state index contributed by atoms with van der Waals surface area (Å²) in [6, 6.07) is 15.3. The van der Waals surface area contributed by atoms with Crippen molar-refractivity contribution in [1.82, 2.24) is 9.80 Å². The van der Waals surface area contributed by atoms with Crippen LogP contribution in [-0.4, -0.2) is 60.9 Å². The van der Waals surface area contributed by atoms with Crippen LogP contribution in [0.2, 0.25) is 0 Å². The van der Waals surface area contributed by atoms with Crippen LogP contribution in [-0.2, 0) is 9.59 Å². The summed E-state index contributed by atoms with van der Waals surface area (Å²) in [6.45, 7) is 6.94. The number of anilines is 1. The Kier molecular flexibility index (Phi) is 6.66. The quantitative estimate of drug-likeness (QED) is 0.835. The molecule has 1 N–H and O–H groups in total. The number of piperazine rings is 1. The van der Waals surface area contributed by atoms with Crippen LogP contribution < -0.4 is 10.1 Å². The lowest BCUT2D eigenvalue weighted by molar-refractivity contribution is -0.135. The second-order valence-electron chi connectivity index (χ2n) is 7.13. The van der Waals surface area contributed by atoms with Crippen LogP contribution in [0.5, 0.6) is 5.75 Å². The summed E-state index contributed by atoms with van der Waals surface area (Å²) in [6.07, 6.45) is 0. The molecule has 2 amide bonds. The van der Waals surface area contributed by atoms with E-state index >= 15 is 0 Å². The van der Waals surface area contributed by atoms with Gasteiger partial charge in [0.25, 0.3) is 5.91 Å². The molecule has 0 bridgehead atoms. The number of rotatable bonds is 6. The van der Waals surface area contributed by atoms with Gasteiger partial charge in [0, 0.05) is 31.9 Å². The number of ether oxygens (including phenoxy) is 1. The molecule has 1 heterocycles. The fraction of sp³-hybridized carbons (Fsp3) is 0.364. The summed E-state index contributed by atoms with van der Waals surface area (Å²) in [5.74, 6) is 0.688. The van der Waals surface area contributed by atoms with Crippen LogP contribution in [0.15, 0.2) is 48.5 Å². The Bertz CT molecular complexity index is 815. The SMILES string of the molecule is Cc1ccc(OCC(=O)N2CCN(CC(=O)Nc3ccccc3)CC2)c(C)c1. The number of carbonyl (C=O) groups excluding carboxylic acids is 2. The van der Waals surface area contributed by atoms with Crippen molar-refractivity contribution >= 4 is 17.5 Å². The Hall–Kier alpha value is -2.86. The molecule has 0 aromatic heterocycles. The Morgan fingerprint density at radius 3 is 2.39 bits per heavy atom. The molecule has 148 valence electrons. The number of hydrogen-bond acceptors (Lipinski definition) is 4. The predicted molar refractivity (Wildman–Crippen MR) is 110 cm³/mol. The Balaban J connectivity index is 1.40. The first-order valence-corrected chi connectivity index (χ1v) is 9.56. The molecule has 1 saturated heterocycles. The van der Waals surface area contributed by atoms with Gasteiger partial charge in [-0.1, -0.05) is 35.9 Å². The minimum Gasteiger partial charge on any atom is -0.484 e. The molecular weight excluding hydrogens is 354 g/mol. The van der Waals surface area contributed by atoms with E-state index in [4.69, 9.17) is 4.74 Å². The van der Waals surface area contributed by atoms with Crippen LogP contribution in [0.4, 0.5) is 5.69 Å². The van der Waals surface area contributed by atoms with Gasteiger partial charge < -0.3 is 15.0 Å². The van der Waals surface area contributed by atoms with Gasteiger partial charge >= 0.3 is 0 Å². The smallest absolute Gasteiger partial charge is 0.260 e. The lowest BCUT2D eigenvalue weighted by Gasteiger charge is -2.34. The summed E-state index contributed by atoms with van der Waals surface area (Å²) in [4.78, 5) is 28.4. The van der Waals surface area contributed by atoms with Crippen molar-refractivity contribution in [2.75, 3.05) is 44.6 Å². The molecule has 1 aliphatic rings. The van der Waals surface area contributed by atoms with Gasteiger partial charge in [0.05, 0.1) is 6.54 Å². The fourth-order valence-electron chi connectivity index (χ4n) is 3.27. The monoisotopic (exact) mass is 381 g/mol. The first-order chi connectivity index (χ1) is 13.5. The first-order valence-electron chi connectivity index (χ1n) is 9.56. The summed E-state index contributed by atoms with van der Waals surface area (Å²) in [5, 5.41) is 2.89. The Labute approximate surface area is 166 Å². The van der Waals surface area contributed by atoms with Gasteiger partial charge in [-0.25, -0.2) is 0 Å². The summed E-state index contributed by atoms with van der Waals surface area (Å²) in [5.41, 5.74) is 3.00. The second-order valence-corrected chi connectivity index (χ2v) is 7.13. The van der Waals surface area contributed by atoms with Crippen molar-refractivity contribution in [3.8, 4) is 5.75 Å². The molecule has 0 atom stereocenters. The minimum absolute atomic E-state index is 0.0200. The fourth-order valence-corrected chi connectivity index (χ4v) is 3.27. The van der Waals surface area contributed by atoms with Gasteiger partial charge in [0.1, 0.15) is 5.75 Å². The zero-order valence-electron chi connectivity index (χ0n) is 16.5. The minimum atomic E-state index is -0.0378. The van der Waals surface area contributed by atoms with Crippen molar-refractivity contribution < 1.29 is 14.3 Å². The Morgan fingerprint density at radius 2 is 1.71 bits per heavy atom. The van der Waals surface area contributed by atoms with Crippen molar-refractivity contribution in [3.63, 3.8) is 0 Å². The third kappa shape index (κ3) is 5.57. The highest BCUT2D eigenvalue weighted by molar-refractivity contribution is 5.92. The van der Waals surface area contributed by atoms with Gasteiger partial charge in [-0.3, -0.25) is 14.5 Å². The van der Waals surface area contributed by atoms with Gasteiger partial charge in [-0.05, 0) is 37.6 Å². The maximum atomic E-state index is 12.4. The lowest BCUT2D eigenvalue weighted by atomic mass is 10.1. The molecule has 28 heavy (non-hydrogen) atoms. The number of para-hydroxylation sites is 1. The maximum Gasteiger partial charge on any atom is 0.260 e. The van der Waals surface area contributed by atoms with Crippen molar-refractivity contribution in [2.24, 2.45) is 0 Å². The highest BCUT2D eigenvalue weighted by Crippen LogP contribution is 2.18. The van der Waals surface area contributed by atoms with Gasteiger partial charge in [0.15, 0.2) is 6.61 Å². The third-order valence-corrected chi connectivity index (χ3v) is 4.83. The van der Waals surface area contributed by atoms with E-state index in [1.54, 1.807) is 4.90 Å². The molecule has 6 heteroatoms. The summed E-state index contributed by atoms with van der Waals surface area (Å²) < 4.78 is 5.70. The van der Waals surface area contributed by atoms with E-state index in [0.29, 0.717) is 32.7 Å². The van der Waals surface area contributed by atoms with Crippen molar-refractivity contribution in [3.05, 3.63) is 59.7 Å². The number of hydrogen-bond donors (Lipinski definition) is 1. The number of aryl methyl sites for hydroxylation is 2. The van der Waals surface area contributed by atoms with E-state index in [-0.39, 0.29) is 18.4 Å². The normalized spacial score (nSPS) is 14.6. The van der Waals surface area contributed by atoms with E-state index in [0.717, 1.165) is 17.0 Å². The predicted octanol–water partition coefficient (Wildman–Crippen LogP) is 2.47. The highest BCUT2D eigenvalue weighted by atomic mass is 16.5. The first kappa shape index (κ1) is 19.9. The third-order valence-electron chi connectivity index (χ3n) is 4.83. The number of amides is 2. The zero-order valence-corrected chi connectivity index (χ0v) is 16.5. The molecule has 0 radical (unpaired) electrons. The molecule has 0 saturated carbocycles. The van der Waals surface area contributed by atoms with Gasteiger partial charge in [-0.15, -0.1) is 0 Å². The highest BCUT2D eigenvalue weighted by Gasteiger charge is 2.22. The van der Waals surface area contributed by atoms with Crippen LogP contribution in [0.3, 0.4) is 0 Å². The van der Waals surface area contributed by atoms with Crippen LogP contribution in [0.1, 0.15) is 11.1 Å². The Morgan fingerprint density at radius 1 is 1.00 bits per heavy atom. The zero-order chi connectivity index (χ0) is 19.9. The van der Waals surface area contributed by atoms with E-state index in [9.17, 15) is 9.59 Å². The summed E-state index contributed by atoms with van der Waals surface area (Å²) >= 11 is 0. The number of nitrogens with one attached hydrogen (secondary N) is 1. The van der Waals surface area contributed by atoms with E-state index in [1.165, 1.54) is 5.56 Å². The molecule has 1 fully saturated rings. The van der Waals surface area contributed by atoms with Crippen LogP contribution >= 0.6 is 0 Å². The molecule has 1 aliphatic heterocycles. The standard InChI is InChI=1S/C22H27N3O3/c1-17-8-9-20(18(2)14-17)28-16-22(27)25-12-10-24(11-13-25)15-21(26)23-19-6-4-3-5-7-19/h3-9,14H,10-13,15-16H2,1-2H3,(H,23,26). The van der Waals surface area contributed by atoms with E-state index in [2.05, 4.69) is 10.2 Å². The molecule has 3 rings (SSSR count). The summed E-state index contributed by atoms with van der Waals surface area (Å²) in [7, 11) is 0. The van der Waals surface area contributed by atoms with Crippen molar-refractivity contribution in [2.45, 2.75) is 13.8 Å². The molecule has 2 aromatic carbocycles. The number of nitrogens with zero attached hydrogens (tertiary/aromatic N) is 2. The van der Waals surface area contributed by atoms with E-state index in [1.807, 2.05) is 62.4 Å². The molecular formula is C22H27N3O3. The molecule has 0 aliphatic carbocycles. The van der Waals surface area contributed by atoms with Gasteiger partial charge in [-0.2, -0.15) is 0 Å². The molecule has 0 unspecified atom stereocenters. The second kappa shape index (κ2) is 9.37. The van der Waals surface area contributed by atoms with E-state index < -0.39 is 0 Å². The molecule has 0 spiro atoms. The van der Waals surface area contributed by atoms with Crippen molar-refractivity contribution in [1.29, 1.82) is 0 Å². The lowest BCUT2D eigenvalue weighted by Crippen LogP contribution is -2.51. The number of benzene rings is 2. The topological polar surface area (TPSA) is 61.9 Å². The van der Waals surface area contributed by atoms with Gasteiger partial charge in [0.2, 0.25) is 5.91 Å². The average molecular weight is 381 g/mol. The maximum absolute atomic E-state index is 12.4. The molecule has 2 aromatic rings. The largest absolute Gasteiger partial charge is 0.484 e. The van der Waals surface area contributed by atoms with Crippen LogP contribution in [0.25, 0.3) is 0 Å². The average Bonchev–Trinajstić information content (AvgIpc) is 2.68. The molecule has 6 nitrogen and oxygen atoms in total.